The van der Waals surface area contributed by atoms with Gasteiger partial charge < -0.3 is 26.4 Å². The molecule has 0 saturated carbocycles. The maximum atomic E-state index is 14.1. The summed E-state index contributed by atoms with van der Waals surface area (Å²) in [6, 6.07) is 14.1. The number of carboxylic acid groups (broad SMARTS) is 1. The molecule has 0 radical (unpaired) electrons. The van der Waals surface area contributed by atoms with E-state index in [1.807, 2.05) is 86.3 Å². The van der Waals surface area contributed by atoms with Gasteiger partial charge in [0.2, 0.25) is 23.6 Å². The van der Waals surface area contributed by atoms with E-state index >= 15 is 0 Å². The van der Waals surface area contributed by atoms with Gasteiger partial charge in [0.1, 0.15) is 18.1 Å². The Morgan fingerprint density at radius 1 is 0.911 bits per heavy atom. The number of benzene rings is 2. The second kappa shape index (κ2) is 15.4. The fourth-order valence-electron chi connectivity index (χ4n) is 5.75. The van der Waals surface area contributed by atoms with Crippen LogP contribution in [-0.4, -0.2) is 87.7 Å². The first-order valence-electron chi connectivity index (χ1n) is 15.3. The topological polar surface area (TPSA) is 157 Å². The number of fused-ring (bicyclic) bond motifs is 1. The first-order valence-corrected chi connectivity index (χ1v) is 16.3. The molecule has 2 aromatic rings. The Labute approximate surface area is 268 Å². The van der Waals surface area contributed by atoms with E-state index in [2.05, 4.69) is 21.3 Å². The van der Waals surface area contributed by atoms with Crippen LogP contribution >= 0.6 is 11.8 Å². The monoisotopic (exact) mass is 637 g/mol. The minimum absolute atomic E-state index is 0.164. The molecular formula is C33H43N5O6S. The van der Waals surface area contributed by atoms with Crippen molar-refractivity contribution in [2.24, 2.45) is 0 Å². The van der Waals surface area contributed by atoms with Crippen molar-refractivity contribution in [1.29, 1.82) is 0 Å². The molecule has 242 valence electrons. The number of hydrogen-bond acceptors (Lipinski definition) is 7. The van der Waals surface area contributed by atoms with Crippen molar-refractivity contribution in [1.82, 2.24) is 26.2 Å². The van der Waals surface area contributed by atoms with Crippen LogP contribution in [0, 0.1) is 0 Å². The molecule has 2 fully saturated rings. The van der Waals surface area contributed by atoms with E-state index in [1.54, 1.807) is 0 Å². The molecule has 0 unspecified atom stereocenters. The number of carbonyl (C=O) groups excluding carboxylic acids is 4. The summed E-state index contributed by atoms with van der Waals surface area (Å²) >= 11 is 1.46. The standard InChI is InChI=1S/C33H43N5O6S/c1-33(2,3)37-32(44)28-25(20-45-22-13-8-5-9-14-22)36-29(41)23(16-17-27(39)40)34-30(42)24(19-21-11-6-4-7-12-21)35-31(43)26-15-10-18-38(26)28/h4-9,11-14,23-26,28H,10,15-20H2,1-3H3,(H,34,42)(H,35,43)(H,36,41)(H,37,44)(H,39,40)/t23-,24+,25+,26+,28+/m0/s1. The Kier molecular flexibility index (Phi) is 11.6. The Balaban J connectivity index is 1.75. The zero-order chi connectivity index (χ0) is 32.6. The number of amides is 4. The van der Waals surface area contributed by atoms with Gasteiger partial charge in [-0.2, -0.15) is 0 Å². The van der Waals surface area contributed by atoms with Crippen LogP contribution in [0.1, 0.15) is 52.0 Å². The van der Waals surface area contributed by atoms with Crippen molar-refractivity contribution in [3.8, 4) is 0 Å². The maximum Gasteiger partial charge on any atom is 0.303 e. The number of aliphatic carboxylic acids is 1. The number of carboxylic acids is 1. The molecular weight excluding hydrogens is 594 g/mol. The molecule has 2 heterocycles. The average molecular weight is 638 g/mol. The largest absolute Gasteiger partial charge is 0.481 e. The number of nitrogens with one attached hydrogen (secondary N) is 4. The van der Waals surface area contributed by atoms with Crippen molar-refractivity contribution in [2.45, 2.75) is 93.5 Å². The van der Waals surface area contributed by atoms with Crippen molar-refractivity contribution in [3.63, 3.8) is 0 Å². The smallest absolute Gasteiger partial charge is 0.303 e. The molecule has 2 aliphatic rings. The zero-order valence-electron chi connectivity index (χ0n) is 26.0. The van der Waals surface area contributed by atoms with Crippen molar-refractivity contribution in [3.05, 3.63) is 66.2 Å². The Morgan fingerprint density at radius 2 is 1.53 bits per heavy atom. The van der Waals surface area contributed by atoms with Crippen LogP contribution in [0.5, 0.6) is 0 Å². The predicted octanol–water partition coefficient (Wildman–Crippen LogP) is 2.10. The SMILES string of the molecule is CC(C)(C)NC(=O)[C@H]1[C@@H](CSc2ccccc2)NC(=O)[C@H](CCC(=O)O)NC(=O)[C@@H](Cc2ccccc2)NC(=O)[C@H]2CCCN21. The van der Waals surface area contributed by atoms with Gasteiger partial charge in [0, 0.05) is 29.0 Å². The number of hydrogen-bond donors (Lipinski definition) is 5. The van der Waals surface area contributed by atoms with Crippen LogP contribution in [0.4, 0.5) is 0 Å². The average Bonchev–Trinajstić information content (AvgIpc) is 3.46. The minimum atomic E-state index is -1.20. The predicted molar refractivity (Wildman–Crippen MR) is 171 cm³/mol. The molecule has 12 heteroatoms. The first-order chi connectivity index (χ1) is 21.4. The third-order valence-electron chi connectivity index (χ3n) is 7.80. The molecule has 0 aromatic heterocycles. The summed E-state index contributed by atoms with van der Waals surface area (Å²) in [5.74, 6) is -2.70. The summed E-state index contributed by atoms with van der Waals surface area (Å²) in [7, 11) is 0. The first kappa shape index (κ1) is 34.0. The summed E-state index contributed by atoms with van der Waals surface area (Å²) in [5.41, 5.74) is 0.221. The van der Waals surface area contributed by atoms with Crippen molar-refractivity contribution < 1.29 is 29.1 Å². The van der Waals surface area contributed by atoms with E-state index in [0.29, 0.717) is 25.1 Å². The zero-order valence-corrected chi connectivity index (χ0v) is 26.8. The molecule has 5 N–H and O–H groups in total. The minimum Gasteiger partial charge on any atom is -0.481 e. The van der Waals surface area contributed by atoms with Gasteiger partial charge >= 0.3 is 5.97 Å². The highest BCUT2D eigenvalue weighted by molar-refractivity contribution is 7.99. The fourth-order valence-corrected chi connectivity index (χ4v) is 6.73. The molecule has 0 aliphatic carbocycles. The third-order valence-corrected chi connectivity index (χ3v) is 8.93. The van der Waals surface area contributed by atoms with Crippen molar-refractivity contribution in [2.75, 3.05) is 12.3 Å². The lowest BCUT2D eigenvalue weighted by atomic mass is 9.99. The van der Waals surface area contributed by atoms with E-state index in [-0.39, 0.29) is 31.1 Å². The highest BCUT2D eigenvalue weighted by atomic mass is 32.2. The third kappa shape index (κ3) is 9.79. The molecule has 4 amide bonds. The molecule has 0 bridgehead atoms. The summed E-state index contributed by atoms with van der Waals surface area (Å²) in [5, 5.41) is 21.1. The highest BCUT2D eigenvalue weighted by Gasteiger charge is 2.45. The lowest BCUT2D eigenvalue weighted by molar-refractivity contribution is -0.138. The normalized spacial score (nSPS) is 24.7. The van der Waals surface area contributed by atoms with Crippen molar-refractivity contribution >= 4 is 41.4 Å². The number of carbonyl (C=O) groups is 5. The van der Waals surface area contributed by atoms with Gasteiger partial charge in [-0.25, -0.2) is 0 Å². The molecule has 2 saturated heterocycles. The van der Waals surface area contributed by atoms with Crippen LogP contribution in [0.2, 0.25) is 0 Å². The molecule has 45 heavy (non-hydrogen) atoms. The molecule has 2 aromatic carbocycles. The van der Waals surface area contributed by atoms with Gasteiger partial charge in [-0.1, -0.05) is 48.5 Å². The number of thioether (sulfide) groups is 1. The quantitative estimate of drug-likeness (QED) is 0.262. The van der Waals surface area contributed by atoms with Gasteiger partial charge in [-0.3, -0.25) is 28.9 Å². The van der Waals surface area contributed by atoms with Crippen LogP contribution in [-0.2, 0) is 30.4 Å². The van der Waals surface area contributed by atoms with Crippen LogP contribution < -0.4 is 21.3 Å². The summed E-state index contributed by atoms with van der Waals surface area (Å²) < 4.78 is 0. The molecule has 11 nitrogen and oxygen atoms in total. The Morgan fingerprint density at radius 3 is 2.18 bits per heavy atom. The number of rotatable bonds is 9. The van der Waals surface area contributed by atoms with E-state index in [1.165, 1.54) is 11.8 Å². The van der Waals surface area contributed by atoms with E-state index < -0.39 is 53.5 Å². The second-order valence-electron chi connectivity index (χ2n) is 12.6. The summed E-state index contributed by atoms with van der Waals surface area (Å²) in [4.78, 5) is 69.9. The van der Waals surface area contributed by atoms with E-state index in [4.69, 9.17) is 0 Å². The van der Waals surface area contributed by atoms with Gasteiger partial charge in [-0.05, 0) is 64.3 Å². The van der Waals surface area contributed by atoms with Gasteiger partial charge in [0.05, 0.1) is 12.1 Å². The fraction of sp³-hybridized carbons (Fsp3) is 0.485. The Bertz CT molecular complexity index is 1350. The highest BCUT2D eigenvalue weighted by Crippen LogP contribution is 2.27. The van der Waals surface area contributed by atoms with Gasteiger partial charge in [0.15, 0.2) is 0 Å². The van der Waals surface area contributed by atoms with Gasteiger partial charge in [0.25, 0.3) is 0 Å². The Hall–Kier alpha value is -3.90. The lowest BCUT2D eigenvalue weighted by Gasteiger charge is -2.39. The van der Waals surface area contributed by atoms with Crippen LogP contribution in [0.15, 0.2) is 65.6 Å². The van der Waals surface area contributed by atoms with Crippen LogP contribution in [0.3, 0.4) is 0 Å². The molecule has 0 spiro atoms. The number of nitrogens with zero attached hydrogens (tertiary/aromatic N) is 1. The van der Waals surface area contributed by atoms with Crippen LogP contribution in [0.25, 0.3) is 0 Å². The lowest BCUT2D eigenvalue weighted by Crippen LogP contribution is -2.67. The van der Waals surface area contributed by atoms with E-state index in [9.17, 15) is 29.1 Å². The van der Waals surface area contributed by atoms with Gasteiger partial charge in [-0.15, -0.1) is 11.8 Å². The molecule has 2 aliphatic heterocycles. The van der Waals surface area contributed by atoms with E-state index in [0.717, 1.165) is 10.5 Å². The second-order valence-corrected chi connectivity index (χ2v) is 13.7. The molecule has 5 atom stereocenters. The summed E-state index contributed by atoms with van der Waals surface area (Å²) in [6.45, 7) is 6.05. The maximum absolute atomic E-state index is 14.1. The summed E-state index contributed by atoms with van der Waals surface area (Å²) in [6.07, 6.45) is 0.782. The molecule has 4 rings (SSSR count).